The number of nitriles is 1. The smallest absolute Gasteiger partial charge is 0.266 e. The van der Waals surface area contributed by atoms with E-state index in [9.17, 15) is 14.0 Å². The molecule has 1 unspecified atom stereocenters. The van der Waals surface area contributed by atoms with Crippen molar-refractivity contribution in [3.8, 4) is 11.8 Å². The van der Waals surface area contributed by atoms with E-state index in [0.29, 0.717) is 33.0 Å². The lowest BCUT2D eigenvalue weighted by Gasteiger charge is -2.16. The van der Waals surface area contributed by atoms with Crippen LogP contribution in [0, 0.1) is 17.1 Å². The fourth-order valence-electron chi connectivity index (χ4n) is 3.15. The molecule has 3 aromatic carbocycles. The minimum atomic E-state index is -0.640. The molecular formula is C24H16ClFN4O2S. The molecule has 0 fully saturated rings. The second-order valence-corrected chi connectivity index (χ2v) is 8.80. The van der Waals surface area contributed by atoms with Crippen LogP contribution in [-0.2, 0) is 4.79 Å². The summed E-state index contributed by atoms with van der Waals surface area (Å²) < 4.78 is 14.8. The van der Waals surface area contributed by atoms with Gasteiger partial charge in [-0.3, -0.25) is 14.2 Å². The summed E-state index contributed by atoms with van der Waals surface area (Å²) >= 11 is 7.14. The van der Waals surface area contributed by atoms with E-state index in [2.05, 4.69) is 10.3 Å². The van der Waals surface area contributed by atoms with Crippen LogP contribution in [0.1, 0.15) is 12.5 Å². The zero-order valence-corrected chi connectivity index (χ0v) is 18.8. The highest BCUT2D eigenvalue weighted by molar-refractivity contribution is 8.00. The number of thioether (sulfide) groups is 1. The molecule has 9 heteroatoms. The van der Waals surface area contributed by atoms with E-state index in [1.807, 2.05) is 6.07 Å². The number of hydrogen-bond donors (Lipinski definition) is 1. The Hall–Kier alpha value is -3.67. The Morgan fingerprint density at radius 3 is 2.61 bits per heavy atom. The van der Waals surface area contributed by atoms with Gasteiger partial charge in [0, 0.05) is 5.69 Å². The maximum atomic E-state index is 13.5. The van der Waals surface area contributed by atoms with Crippen molar-refractivity contribution in [3.05, 3.63) is 93.5 Å². The Kier molecular flexibility index (Phi) is 6.45. The van der Waals surface area contributed by atoms with Crippen molar-refractivity contribution in [2.75, 3.05) is 5.32 Å². The summed E-state index contributed by atoms with van der Waals surface area (Å²) in [5, 5.41) is 12.1. The molecule has 6 nitrogen and oxygen atoms in total. The van der Waals surface area contributed by atoms with Gasteiger partial charge < -0.3 is 5.32 Å². The number of carbonyl (C=O) groups excluding carboxylic acids is 1. The summed E-state index contributed by atoms with van der Waals surface area (Å²) in [5.41, 5.74) is 1.37. The quantitative estimate of drug-likeness (QED) is 0.316. The first-order valence-corrected chi connectivity index (χ1v) is 11.1. The van der Waals surface area contributed by atoms with E-state index in [4.69, 9.17) is 16.9 Å². The largest absolute Gasteiger partial charge is 0.325 e. The molecule has 33 heavy (non-hydrogen) atoms. The number of amides is 1. The van der Waals surface area contributed by atoms with Crippen LogP contribution in [0.5, 0.6) is 0 Å². The number of nitrogens with zero attached hydrogens (tertiary/aromatic N) is 3. The lowest BCUT2D eigenvalue weighted by Crippen LogP contribution is -2.26. The highest BCUT2D eigenvalue weighted by atomic mass is 35.5. The molecule has 1 heterocycles. The van der Waals surface area contributed by atoms with Gasteiger partial charge in [0.1, 0.15) is 11.9 Å². The van der Waals surface area contributed by atoms with Crippen LogP contribution in [0.2, 0.25) is 5.02 Å². The van der Waals surface area contributed by atoms with Gasteiger partial charge >= 0.3 is 0 Å². The molecule has 1 N–H and O–H groups in total. The molecular weight excluding hydrogens is 463 g/mol. The van der Waals surface area contributed by atoms with Crippen LogP contribution in [0.3, 0.4) is 0 Å². The fourth-order valence-corrected chi connectivity index (χ4v) is 4.30. The van der Waals surface area contributed by atoms with Gasteiger partial charge in [-0.25, -0.2) is 9.37 Å². The third-order valence-electron chi connectivity index (χ3n) is 4.84. The molecule has 4 rings (SSSR count). The second kappa shape index (κ2) is 9.45. The lowest BCUT2D eigenvalue weighted by molar-refractivity contribution is -0.115. The van der Waals surface area contributed by atoms with Crippen molar-refractivity contribution in [3.63, 3.8) is 0 Å². The molecule has 0 saturated heterocycles. The first-order valence-electron chi connectivity index (χ1n) is 9.82. The molecule has 0 bridgehead atoms. The van der Waals surface area contributed by atoms with E-state index in [-0.39, 0.29) is 16.5 Å². The minimum Gasteiger partial charge on any atom is -0.325 e. The summed E-state index contributed by atoms with van der Waals surface area (Å²) in [6, 6.07) is 19.0. The van der Waals surface area contributed by atoms with Crippen molar-refractivity contribution in [2.45, 2.75) is 17.3 Å². The highest BCUT2D eigenvalue weighted by Gasteiger charge is 2.21. The van der Waals surface area contributed by atoms with Gasteiger partial charge in [-0.05, 0) is 61.5 Å². The number of benzene rings is 3. The number of hydrogen-bond acceptors (Lipinski definition) is 5. The number of carbonyl (C=O) groups is 1. The minimum absolute atomic E-state index is 0.233. The van der Waals surface area contributed by atoms with Crippen molar-refractivity contribution >= 4 is 45.9 Å². The monoisotopic (exact) mass is 478 g/mol. The zero-order chi connectivity index (χ0) is 23.5. The molecule has 1 aromatic heterocycles. The number of rotatable bonds is 5. The van der Waals surface area contributed by atoms with Gasteiger partial charge in [-0.15, -0.1) is 0 Å². The van der Waals surface area contributed by atoms with E-state index in [1.165, 1.54) is 41.0 Å². The zero-order valence-electron chi connectivity index (χ0n) is 17.3. The first kappa shape index (κ1) is 22.5. The number of aromatic nitrogens is 2. The van der Waals surface area contributed by atoms with Crippen LogP contribution >= 0.6 is 23.4 Å². The number of para-hydroxylation sites is 1. The summed E-state index contributed by atoms with van der Waals surface area (Å²) in [7, 11) is 0. The van der Waals surface area contributed by atoms with Gasteiger partial charge in [-0.2, -0.15) is 5.26 Å². The molecule has 164 valence electrons. The second-order valence-electron chi connectivity index (χ2n) is 7.08. The number of nitrogens with one attached hydrogen (secondary N) is 1. The van der Waals surface area contributed by atoms with Gasteiger partial charge in [0.05, 0.1) is 32.4 Å². The third kappa shape index (κ3) is 4.75. The molecule has 0 spiro atoms. The average Bonchev–Trinajstić information content (AvgIpc) is 2.80. The Morgan fingerprint density at radius 2 is 1.91 bits per heavy atom. The van der Waals surface area contributed by atoms with Crippen molar-refractivity contribution in [1.82, 2.24) is 9.55 Å². The molecule has 0 aliphatic carbocycles. The third-order valence-corrected chi connectivity index (χ3v) is 6.20. The molecule has 1 atom stereocenters. The first-order chi connectivity index (χ1) is 15.9. The number of fused-ring (bicyclic) bond motifs is 1. The molecule has 0 saturated carbocycles. The van der Waals surface area contributed by atoms with Gasteiger partial charge in [-0.1, -0.05) is 35.5 Å². The summed E-state index contributed by atoms with van der Waals surface area (Å²) in [6.07, 6.45) is 0. The maximum absolute atomic E-state index is 13.5. The van der Waals surface area contributed by atoms with Crippen LogP contribution < -0.4 is 10.9 Å². The summed E-state index contributed by atoms with van der Waals surface area (Å²) in [6.45, 7) is 1.68. The van der Waals surface area contributed by atoms with Crippen molar-refractivity contribution in [2.24, 2.45) is 0 Å². The Balaban J connectivity index is 1.68. The van der Waals surface area contributed by atoms with Crippen LogP contribution in [-0.4, -0.2) is 20.7 Å². The standard InChI is InChI=1S/C24H16ClFN4O2S/c1-14(22(31)28-17-9-6-15(13-27)20(25)12-17)33-24-29-21-5-3-2-4-19(21)23(32)30(24)18-10-7-16(26)8-11-18/h2-12,14H,1H3,(H,28,31). The van der Waals surface area contributed by atoms with Crippen LogP contribution in [0.4, 0.5) is 10.1 Å². The van der Waals surface area contributed by atoms with E-state index < -0.39 is 11.1 Å². The number of anilines is 1. The predicted molar refractivity (Wildman–Crippen MR) is 127 cm³/mol. The predicted octanol–water partition coefficient (Wildman–Crippen LogP) is 5.17. The Morgan fingerprint density at radius 1 is 1.18 bits per heavy atom. The fraction of sp³-hybridized carbons (Fsp3) is 0.0833. The molecule has 0 aliphatic rings. The van der Waals surface area contributed by atoms with Crippen molar-refractivity contribution < 1.29 is 9.18 Å². The van der Waals surface area contributed by atoms with Gasteiger partial charge in [0.25, 0.3) is 5.56 Å². The normalized spacial score (nSPS) is 11.7. The summed E-state index contributed by atoms with van der Waals surface area (Å²) in [5.74, 6) is -0.766. The molecule has 0 aliphatic heterocycles. The lowest BCUT2D eigenvalue weighted by atomic mass is 10.2. The molecule has 4 aromatic rings. The van der Waals surface area contributed by atoms with Gasteiger partial charge in [0.2, 0.25) is 5.91 Å². The average molecular weight is 479 g/mol. The van der Waals surface area contributed by atoms with Crippen LogP contribution in [0.15, 0.2) is 76.7 Å². The Labute approximate surface area is 197 Å². The van der Waals surface area contributed by atoms with E-state index in [0.717, 1.165) is 11.8 Å². The topological polar surface area (TPSA) is 87.8 Å². The molecule has 0 radical (unpaired) electrons. The van der Waals surface area contributed by atoms with Gasteiger partial charge in [0.15, 0.2) is 5.16 Å². The highest BCUT2D eigenvalue weighted by Crippen LogP contribution is 2.27. The molecule has 1 amide bonds. The maximum Gasteiger partial charge on any atom is 0.266 e. The summed E-state index contributed by atoms with van der Waals surface area (Å²) in [4.78, 5) is 30.7. The Bertz CT molecular complexity index is 1460. The number of halogens is 2. The van der Waals surface area contributed by atoms with E-state index >= 15 is 0 Å². The van der Waals surface area contributed by atoms with Crippen molar-refractivity contribution in [1.29, 1.82) is 5.26 Å². The van der Waals surface area contributed by atoms with E-state index in [1.54, 1.807) is 37.3 Å². The van der Waals surface area contributed by atoms with Crippen LogP contribution in [0.25, 0.3) is 16.6 Å². The SMILES string of the molecule is CC(Sc1nc2ccccc2c(=O)n1-c1ccc(F)cc1)C(=O)Nc1ccc(C#N)c(Cl)c1.